The van der Waals surface area contributed by atoms with E-state index in [1.165, 1.54) is 5.56 Å². The van der Waals surface area contributed by atoms with E-state index in [0.717, 1.165) is 29.3 Å². The summed E-state index contributed by atoms with van der Waals surface area (Å²) in [7, 11) is 0. The van der Waals surface area contributed by atoms with E-state index in [1.807, 2.05) is 48.5 Å². The van der Waals surface area contributed by atoms with Crippen molar-refractivity contribution in [3.63, 3.8) is 0 Å². The van der Waals surface area contributed by atoms with E-state index >= 15 is 0 Å². The molecule has 0 amide bonds. The first-order chi connectivity index (χ1) is 10.2. The maximum atomic E-state index is 12.3. The standard InChI is InChI=1S/C17H17N3O/c18-15-9-7-13(8-10-15)4-3-11-20-17(21)16-6-2-1-5-14(16)12-19-20/h1-2,5-10,12H,3-4,11,18H2. The minimum Gasteiger partial charge on any atom is -0.399 e. The van der Waals surface area contributed by atoms with Gasteiger partial charge in [0.2, 0.25) is 0 Å². The molecule has 21 heavy (non-hydrogen) atoms. The Morgan fingerprint density at radius 2 is 1.81 bits per heavy atom. The Hall–Kier alpha value is -2.62. The first-order valence-electron chi connectivity index (χ1n) is 7.03. The monoisotopic (exact) mass is 279 g/mol. The molecule has 0 saturated heterocycles. The summed E-state index contributed by atoms with van der Waals surface area (Å²) >= 11 is 0. The van der Waals surface area contributed by atoms with E-state index in [2.05, 4.69) is 5.10 Å². The van der Waals surface area contributed by atoms with Crippen LogP contribution in [0.2, 0.25) is 0 Å². The van der Waals surface area contributed by atoms with Gasteiger partial charge in [0.1, 0.15) is 0 Å². The van der Waals surface area contributed by atoms with Crippen LogP contribution in [0.4, 0.5) is 5.69 Å². The van der Waals surface area contributed by atoms with Gasteiger partial charge in [-0.15, -0.1) is 0 Å². The molecule has 0 aliphatic rings. The van der Waals surface area contributed by atoms with Crippen LogP contribution in [0.15, 0.2) is 59.5 Å². The van der Waals surface area contributed by atoms with Gasteiger partial charge in [-0.05, 0) is 36.6 Å². The molecule has 2 N–H and O–H groups in total. The largest absolute Gasteiger partial charge is 0.399 e. The number of nitrogens with two attached hydrogens (primary N) is 1. The van der Waals surface area contributed by atoms with Crippen molar-refractivity contribution in [2.45, 2.75) is 19.4 Å². The van der Waals surface area contributed by atoms with Crippen molar-refractivity contribution in [1.29, 1.82) is 0 Å². The van der Waals surface area contributed by atoms with Crippen LogP contribution in [-0.4, -0.2) is 9.78 Å². The molecule has 4 heteroatoms. The van der Waals surface area contributed by atoms with Crippen LogP contribution in [0.3, 0.4) is 0 Å². The molecule has 0 unspecified atom stereocenters. The molecule has 0 fully saturated rings. The van der Waals surface area contributed by atoms with Gasteiger partial charge in [-0.1, -0.05) is 30.3 Å². The average Bonchev–Trinajstić information content (AvgIpc) is 2.52. The molecular weight excluding hydrogens is 262 g/mol. The zero-order valence-electron chi connectivity index (χ0n) is 11.7. The van der Waals surface area contributed by atoms with E-state index in [4.69, 9.17) is 5.73 Å². The lowest BCUT2D eigenvalue weighted by molar-refractivity contribution is 0.553. The van der Waals surface area contributed by atoms with E-state index in [9.17, 15) is 4.79 Å². The Morgan fingerprint density at radius 3 is 2.62 bits per heavy atom. The lowest BCUT2D eigenvalue weighted by Crippen LogP contribution is -2.23. The highest BCUT2D eigenvalue weighted by atomic mass is 16.1. The molecule has 0 saturated carbocycles. The van der Waals surface area contributed by atoms with Crippen LogP contribution in [0, 0.1) is 0 Å². The van der Waals surface area contributed by atoms with Crippen molar-refractivity contribution in [1.82, 2.24) is 9.78 Å². The van der Waals surface area contributed by atoms with Crippen LogP contribution >= 0.6 is 0 Å². The summed E-state index contributed by atoms with van der Waals surface area (Å²) in [6, 6.07) is 15.4. The average molecular weight is 279 g/mol. The van der Waals surface area contributed by atoms with Crippen molar-refractivity contribution >= 4 is 16.5 Å². The topological polar surface area (TPSA) is 60.9 Å². The highest BCUT2D eigenvalue weighted by Crippen LogP contribution is 2.09. The van der Waals surface area contributed by atoms with Gasteiger partial charge in [-0.2, -0.15) is 5.10 Å². The minimum atomic E-state index is -0.0228. The first-order valence-corrected chi connectivity index (χ1v) is 7.03. The Labute approximate surface area is 122 Å². The zero-order valence-corrected chi connectivity index (χ0v) is 11.7. The van der Waals surface area contributed by atoms with E-state index in [0.29, 0.717) is 6.54 Å². The summed E-state index contributed by atoms with van der Waals surface area (Å²) in [5.41, 5.74) is 7.63. The number of hydrogen-bond acceptors (Lipinski definition) is 3. The number of nitrogens with zero attached hydrogens (tertiary/aromatic N) is 2. The summed E-state index contributed by atoms with van der Waals surface area (Å²) < 4.78 is 1.54. The van der Waals surface area contributed by atoms with Crippen LogP contribution in [0.1, 0.15) is 12.0 Å². The number of aryl methyl sites for hydroxylation is 2. The maximum Gasteiger partial charge on any atom is 0.274 e. The second-order valence-corrected chi connectivity index (χ2v) is 5.11. The molecule has 106 valence electrons. The van der Waals surface area contributed by atoms with Gasteiger partial charge in [0.05, 0.1) is 11.6 Å². The summed E-state index contributed by atoms with van der Waals surface area (Å²) in [5.74, 6) is 0. The molecule has 2 aromatic carbocycles. The van der Waals surface area contributed by atoms with Gasteiger partial charge in [0.25, 0.3) is 5.56 Å². The number of anilines is 1. The van der Waals surface area contributed by atoms with Crippen molar-refractivity contribution in [2.24, 2.45) is 0 Å². The molecule has 0 aliphatic carbocycles. The zero-order chi connectivity index (χ0) is 14.7. The molecule has 1 aromatic heterocycles. The Kier molecular flexibility index (Phi) is 3.69. The quantitative estimate of drug-likeness (QED) is 0.747. The Bertz CT molecular complexity index is 806. The molecule has 0 spiro atoms. The van der Waals surface area contributed by atoms with Gasteiger partial charge < -0.3 is 5.73 Å². The minimum absolute atomic E-state index is 0.0228. The van der Waals surface area contributed by atoms with Crippen LogP contribution in [-0.2, 0) is 13.0 Å². The highest BCUT2D eigenvalue weighted by molar-refractivity contribution is 5.80. The fourth-order valence-corrected chi connectivity index (χ4v) is 2.40. The van der Waals surface area contributed by atoms with Crippen molar-refractivity contribution < 1.29 is 0 Å². The second kappa shape index (κ2) is 5.79. The van der Waals surface area contributed by atoms with Crippen LogP contribution in [0.5, 0.6) is 0 Å². The number of nitrogen functional groups attached to an aromatic ring is 1. The van der Waals surface area contributed by atoms with Gasteiger partial charge >= 0.3 is 0 Å². The Morgan fingerprint density at radius 1 is 1.05 bits per heavy atom. The van der Waals surface area contributed by atoms with Gasteiger partial charge in [-0.25, -0.2) is 4.68 Å². The second-order valence-electron chi connectivity index (χ2n) is 5.11. The Balaban J connectivity index is 1.72. The molecule has 4 nitrogen and oxygen atoms in total. The SMILES string of the molecule is Nc1ccc(CCCn2ncc3ccccc3c2=O)cc1. The number of hydrogen-bond donors (Lipinski definition) is 1. The summed E-state index contributed by atoms with van der Waals surface area (Å²) in [4.78, 5) is 12.3. The number of fused-ring (bicyclic) bond motifs is 1. The van der Waals surface area contributed by atoms with Crippen molar-refractivity contribution in [3.05, 3.63) is 70.6 Å². The predicted octanol–water partition coefficient (Wildman–Crippen LogP) is 2.61. The number of aromatic nitrogens is 2. The first kappa shape index (κ1) is 13.4. The lowest BCUT2D eigenvalue weighted by Gasteiger charge is -2.06. The molecule has 3 rings (SSSR count). The molecule has 0 bridgehead atoms. The predicted molar refractivity (Wildman–Crippen MR) is 85.2 cm³/mol. The molecular formula is C17H17N3O. The van der Waals surface area contributed by atoms with Gasteiger partial charge in [0.15, 0.2) is 0 Å². The van der Waals surface area contributed by atoms with Crippen LogP contribution < -0.4 is 11.3 Å². The lowest BCUT2D eigenvalue weighted by atomic mass is 10.1. The molecule has 0 radical (unpaired) electrons. The molecule has 3 aromatic rings. The highest BCUT2D eigenvalue weighted by Gasteiger charge is 2.03. The summed E-state index contributed by atoms with van der Waals surface area (Å²) in [6.45, 7) is 0.619. The normalized spacial score (nSPS) is 10.9. The van der Waals surface area contributed by atoms with Crippen molar-refractivity contribution in [3.8, 4) is 0 Å². The van der Waals surface area contributed by atoms with E-state index in [1.54, 1.807) is 10.9 Å². The van der Waals surface area contributed by atoms with Gasteiger partial charge in [-0.3, -0.25) is 4.79 Å². The van der Waals surface area contributed by atoms with E-state index < -0.39 is 0 Å². The third-order valence-corrected chi connectivity index (χ3v) is 3.58. The fourth-order valence-electron chi connectivity index (χ4n) is 2.40. The summed E-state index contributed by atoms with van der Waals surface area (Å²) in [5, 5.41) is 5.84. The summed E-state index contributed by atoms with van der Waals surface area (Å²) in [6.07, 6.45) is 3.52. The number of rotatable bonds is 4. The third kappa shape index (κ3) is 2.94. The van der Waals surface area contributed by atoms with E-state index in [-0.39, 0.29) is 5.56 Å². The smallest absolute Gasteiger partial charge is 0.274 e. The number of benzene rings is 2. The van der Waals surface area contributed by atoms with Crippen LogP contribution in [0.25, 0.3) is 10.8 Å². The molecule has 0 aliphatic heterocycles. The fraction of sp³-hybridized carbons (Fsp3) is 0.176. The third-order valence-electron chi connectivity index (χ3n) is 3.58. The molecule has 0 atom stereocenters. The van der Waals surface area contributed by atoms with Gasteiger partial charge in [0, 0.05) is 17.6 Å². The maximum absolute atomic E-state index is 12.3. The van der Waals surface area contributed by atoms with Crippen molar-refractivity contribution in [2.75, 3.05) is 5.73 Å². The molecule has 1 heterocycles.